The molecule has 0 unspecified atom stereocenters. The molecule has 0 saturated heterocycles. The molecule has 96 valence electrons. The molecular formula is C15H17Cl2N. The Balaban J connectivity index is 0.00000162. The minimum Gasteiger partial charge on any atom is -0.309 e. The molecule has 2 aromatic carbocycles. The van der Waals surface area contributed by atoms with Crippen molar-refractivity contribution < 1.29 is 0 Å². The van der Waals surface area contributed by atoms with Crippen molar-refractivity contribution >= 4 is 24.0 Å². The third-order valence-electron chi connectivity index (χ3n) is 2.69. The highest BCUT2D eigenvalue weighted by Crippen LogP contribution is 2.09. The molecule has 0 heterocycles. The minimum absolute atomic E-state index is 0. The number of hydrogen-bond donors (Lipinski definition) is 1. The second-order valence-electron chi connectivity index (χ2n) is 4.22. The lowest BCUT2D eigenvalue weighted by atomic mass is 10.1. The van der Waals surface area contributed by atoms with Crippen molar-refractivity contribution in [3.63, 3.8) is 0 Å². The Labute approximate surface area is 120 Å². The SMILES string of the molecule is Cc1ccc(CNCc2ccc(Cl)cc2)cc1.Cl. The van der Waals surface area contributed by atoms with Crippen molar-refractivity contribution in [1.82, 2.24) is 5.32 Å². The summed E-state index contributed by atoms with van der Waals surface area (Å²) in [5.74, 6) is 0. The molecule has 1 N–H and O–H groups in total. The van der Waals surface area contributed by atoms with E-state index in [4.69, 9.17) is 11.6 Å². The molecule has 0 aliphatic heterocycles. The van der Waals surface area contributed by atoms with Crippen LogP contribution in [0.2, 0.25) is 5.02 Å². The van der Waals surface area contributed by atoms with E-state index in [1.165, 1.54) is 16.7 Å². The first kappa shape index (κ1) is 15.0. The van der Waals surface area contributed by atoms with Gasteiger partial charge in [0, 0.05) is 18.1 Å². The summed E-state index contributed by atoms with van der Waals surface area (Å²) in [6, 6.07) is 16.5. The van der Waals surface area contributed by atoms with Gasteiger partial charge in [-0.1, -0.05) is 53.6 Å². The third kappa shape index (κ3) is 4.69. The first-order chi connectivity index (χ1) is 8.24. The van der Waals surface area contributed by atoms with Crippen molar-refractivity contribution in [2.24, 2.45) is 0 Å². The van der Waals surface area contributed by atoms with Crippen LogP contribution in [0.1, 0.15) is 16.7 Å². The van der Waals surface area contributed by atoms with Crippen LogP contribution in [0.15, 0.2) is 48.5 Å². The molecule has 0 spiro atoms. The molecule has 1 nitrogen and oxygen atoms in total. The molecule has 0 aliphatic rings. The number of hydrogen-bond acceptors (Lipinski definition) is 1. The van der Waals surface area contributed by atoms with Crippen molar-refractivity contribution in [3.8, 4) is 0 Å². The quantitative estimate of drug-likeness (QED) is 0.878. The van der Waals surface area contributed by atoms with Gasteiger partial charge in [-0.3, -0.25) is 0 Å². The fourth-order valence-electron chi connectivity index (χ4n) is 1.66. The Morgan fingerprint density at radius 3 is 1.78 bits per heavy atom. The van der Waals surface area contributed by atoms with Gasteiger partial charge in [0.25, 0.3) is 0 Å². The number of halogens is 2. The molecule has 2 rings (SSSR count). The van der Waals surface area contributed by atoms with Crippen molar-refractivity contribution in [2.45, 2.75) is 20.0 Å². The number of nitrogens with one attached hydrogen (secondary N) is 1. The Bertz CT molecular complexity index is 417. The number of aryl methyl sites for hydroxylation is 1. The average Bonchev–Trinajstić information content (AvgIpc) is 2.34. The summed E-state index contributed by atoms with van der Waals surface area (Å²) in [5, 5.41) is 4.20. The van der Waals surface area contributed by atoms with Gasteiger partial charge >= 0.3 is 0 Å². The van der Waals surface area contributed by atoms with Gasteiger partial charge < -0.3 is 5.32 Å². The molecule has 0 bridgehead atoms. The Hall–Kier alpha value is -1.02. The maximum atomic E-state index is 5.84. The average molecular weight is 282 g/mol. The van der Waals surface area contributed by atoms with Crippen LogP contribution in [0.4, 0.5) is 0 Å². The zero-order chi connectivity index (χ0) is 12.1. The number of rotatable bonds is 4. The van der Waals surface area contributed by atoms with Gasteiger partial charge in [0.05, 0.1) is 0 Å². The van der Waals surface area contributed by atoms with E-state index in [9.17, 15) is 0 Å². The summed E-state index contributed by atoms with van der Waals surface area (Å²) in [6.07, 6.45) is 0. The van der Waals surface area contributed by atoms with Gasteiger partial charge in [-0.15, -0.1) is 12.4 Å². The largest absolute Gasteiger partial charge is 0.309 e. The lowest BCUT2D eigenvalue weighted by Gasteiger charge is -2.05. The summed E-state index contributed by atoms with van der Waals surface area (Å²) in [5.41, 5.74) is 3.86. The Kier molecular flexibility index (Phi) is 6.20. The van der Waals surface area contributed by atoms with Crippen LogP contribution in [0.3, 0.4) is 0 Å². The fourth-order valence-corrected chi connectivity index (χ4v) is 1.79. The smallest absolute Gasteiger partial charge is 0.0406 e. The summed E-state index contributed by atoms with van der Waals surface area (Å²) in [7, 11) is 0. The molecule has 0 fully saturated rings. The first-order valence-corrected chi connectivity index (χ1v) is 6.12. The zero-order valence-electron chi connectivity index (χ0n) is 10.3. The van der Waals surface area contributed by atoms with Gasteiger partial charge in [-0.2, -0.15) is 0 Å². The summed E-state index contributed by atoms with van der Waals surface area (Å²) >= 11 is 5.84. The van der Waals surface area contributed by atoms with Gasteiger partial charge in [-0.25, -0.2) is 0 Å². The zero-order valence-corrected chi connectivity index (χ0v) is 11.9. The highest BCUT2D eigenvalue weighted by atomic mass is 35.5. The summed E-state index contributed by atoms with van der Waals surface area (Å²) < 4.78 is 0. The van der Waals surface area contributed by atoms with E-state index < -0.39 is 0 Å². The van der Waals surface area contributed by atoms with Crippen LogP contribution < -0.4 is 5.32 Å². The van der Waals surface area contributed by atoms with Crippen LogP contribution in [0.25, 0.3) is 0 Å². The summed E-state index contributed by atoms with van der Waals surface area (Å²) in [4.78, 5) is 0. The third-order valence-corrected chi connectivity index (χ3v) is 2.94. The number of benzene rings is 2. The van der Waals surface area contributed by atoms with Crippen molar-refractivity contribution in [1.29, 1.82) is 0 Å². The summed E-state index contributed by atoms with van der Waals surface area (Å²) in [6.45, 7) is 3.86. The predicted octanol–water partition coefficient (Wildman–Crippen LogP) is 4.36. The minimum atomic E-state index is 0. The first-order valence-electron chi connectivity index (χ1n) is 5.75. The van der Waals surface area contributed by atoms with Crippen LogP contribution in [-0.4, -0.2) is 0 Å². The molecule has 0 radical (unpaired) electrons. The molecule has 0 atom stereocenters. The molecule has 0 aliphatic carbocycles. The second kappa shape index (κ2) is 7.42. The highest BCUT2D eigenvalue weighted by molar-refractivity contribution is 6.30. The second-order valence-corrected chi connectivity index (χ2v) is 4.65. The lowest BCUT2D eigenvalue weighted by molar-refractivity contribution is 0.693. The van der Waals surface area contributed by atoms with Crippen molar-refractivity contribution in [3.05, 3.63) is 70.2 Å². The molecule has 0 amide bonds. The normalized spacial score (nSPS) is 9.89. The van der Waals surface area contributed by atoms with E-state index in [0.717, 1.165) is 18.1 Å². The molecule has 18 heavy (non-hydrogen) atoms. The van der Waals surface area contributed by atoms with E-state index in [1.807, 2.05) is 24.3 Å². The maximum absolute atomic E-state index is 5.84. The molecule has 3 heteroatoms. The van der Waals surface area contributed by atoms with E-state index in [0.29, 0.717) is 0 Å². The molecule has 0 saturated carbocycles. The van der Waals surface area contributed by atoms with Crippen molar-refractivity contribution in [2.75, 3.05) is 0 Å². The van der Waals surface area contributed by atoms with Gasteiger partial charge in [0.15, 0.2) is 0 Å². The van der Waals surface area contributed by atoms with Crippen LogP contribution in [0.5, 0.6) is 0 Å². The molecular weight excluding hydrogens is 265 g/mol. The van der Waals surface area contributed by atoms with E-state index in [-0.39, 0.29) is 12.4 Å². The van der Waals surface area contributed by atoms with E-state index >= 15 is 0 Å². The van der Waals surface area contributed by atoms with Gasteiger partial charge in [-0.05, 0) is 30.2 Å². The van der Waals surface area contributed by atoms with Crippen LogP contribution in [0, 0.1) is 6.92 Å². The maximum Gasteiger partial charge on any atom is 0.0406 e. The lowest BCUT2D eigenvalue weighted by Crippen LogP contribution is -2.12. The predicted molar refractivity (Wildman–Crippen MR) is 80.4 cm³/mol. The standard InChI is InChI=1S/C15H16ClN.ClH/c1-12-2-4-13(5-3-12)10-17-11-14-6-8-15(16)9-7-14;/h2-9,17H,10-11H2,1H3;1H. The van der Waals surface area contributed by atoms with Crippen LogP contribution >= 0.6 is 24.0 Å². The monoisotopic (exact) mass is 281 g/mol. The topological polar surface area (TPSA) is 12.0 Å². The fraction of sp³-hybridized carbons (Fsp3) is 0.200. The van der Waals surface area contributed by atoms with Gasteiger partial charge in [0.1, 0.15) is 0 Å². The van der Waals surface area contributed by atoms with E-state index in [1.54, 1.807) is 0 Å². The Morgan fingerprint density at radius 2 is 1.28 bits per heavy atom. The van der Waals surface area contributed by atoms with E-state index in [2.05, 4.69) is 36.5 Å². The highest BCUT2D eigenvalue weighted by Gasteiger charge is 1.94. The Morgan fingerprint density at radius 1 is 0.833 bits per heavy atom. The van der Waals surface area contributed by atoms with Gasteiger partial charge in [0.2, 0.25) is 0 Å². The molecule has 2 aromatic rings. The van der Waals surface area contributed by atoms with Crippen LogP contribution in [-0.2, 0) is 13.1 Å². The molecule has 0 aromatic heterocycles.